The van der Waals surface area contributed by atoms with E-state index in [9.17, 15) is 0 Å². The topological polar surface area (TPSA) is 38.4 Å². The molecule has 0 radical (unpaired) electrons. The van der Waals surface area contributed by atoms with Crippen molar-refractivity contribution in [2.24, 2.45) is 0 Å². The number of nitrogens with one attached hydrogen (secondary N) is 1. The minimum absolute atomic E-state index is 0.547. The second kappa shape index (κ2) is 6.98. The number of likely N-dealkylation sites (N-methyl/N-ethyl adjacent to an activating group) is 1. The molecule has 0 aliphatic carbocycles. The Labute approximate surface area is 161 Å². The zero-order valence-electron chi connectivity index (χ0n) is 15.9. The van der Waals surface area contributed by atoms with Crippen molar-refractivity contribution in [1.82, 2.24) is 20.0 Å². The second-order valence-corrected chi connectivity index (χ2v) is 7.96. The Hall–Kier alpha value is -2.37. The Kier molecular flexibility index (Phi) is 4.34. The molecule has 4 heterocycles. The Morgan fingerprint density at radius 3 is 2.89 bits per heavy atom. The van der Waals surface area contributed by atoms with Crippen LogP contribution in [0, 0.1) is 0 Å². The number of anilines is 1. The van der Waals surface area contributed by atoms with Crippen molar-refractivity contribution < 1.29 is 0 Å². The summed E-state index contributed by atoms with van der Waals surface area (Å²) in [5, 5.41) is 7.96. The molecule has 5 rings (SSSR count). The number of hydrogen-bond donors (Lipinski definition) is 1. The third-order valence-corrected chi connectivity index (χ3v) is 6.04. The molecule has 0 spiro atoms. The first-order valence-electron chi connectivity index (χ1n) is 9.95. The molecule has 3 aliphatic heterocycles. The molecule has 0 saturated carbocycles. The van der Waals surface area contributed by atoms with Crippen molar-refractivity contribution in [2.45, 2.75) is 38.5 Å². The van der Waals surface area contributed by atoms with Gasteiger partial charge in [0, 0.05) is 44.0 Å². The number of benzene rings is 1. The van der Waals surface area contributed by atoms with Crippen molar-refractivity contribution in [3.05, 3.63) is 71.1 Å². The van der Waals surface area contributed by atoms with E-state index in [0.717, 1.165) is 32.0 Å². The monoisotopic (exact) mass is 361 g/mol. The smallest absolute Gasteiger partial charge is 0.159 e. The Morgan fingerprint density at radius 1 is 1.19 bits per heavy atom. The second-order valence-electron chi connectivity index (χ2n) is 7.96. The van der Waals surface area contributed by atoms with Gasteiger partial charge in [-0.25, -0.2) is 0 Å². The molecule has 1 unspecified atom stereocenters. The molecule has 1 aromatic carbocycles. The molecule has 5 nitrogen and oxygen atoms in total. The predicted molar refractivity (Wildman–Crippen MR) is 108 cm³/mol. The Balaban J connectivity index is 1.33. The van der Waals surface area contributed by atoms with Crippen LogP contribution in [0.1, 0.15) is 29.7 Å². The lowest BCUT2D eigenvalue weighted by molar-refractivity contribution is 0.272. The van der Waals surface area contributed by atoms with Crippen LogP contribution in [0.15, 0.2) is 54.3 Å². The van der Waals surface area contributed by atoms with Gasteiger partial charge >= 0.3 is 0 Å². The number of rotatable bonds is 4. The predicted octanol–water partition coefficient (Wildman–Crippen LogP) is 3.28. The molecule has 140 valence electrons. The molecule has 1 atom stereocenters. The largest absolute Gasteiger partial charge is 0.327 e. The van der Waals surface area contributed by atoms with Crippen LogP contribution in [-0.4, -0.2) is 46.2 Å². The summed E-state index contributed by atoms with van der Waals surface area (Å²) in [5.41, 5.74) is 5.40. The van der Waals surface area contributed by atoms with Crippen LogP contribution in [0.3, 0.4) is 0 Å². The van der Waals surface area contributed by atoms with Crippen molar-refractivity contribution in [2.75, 3.05) is 25.0 Å². The van der Waals surface area contributed by atoms with E-state index in [1.54, 1.807) is 0 Å². The summed E-state index contributed by atoms with van der Waals surface area (Å²) in [4.78, 5) is 7.27. The summed E-state index contributed by atoms with van der Waals surface area (Å²) >= 11 is 0. The lowest BCUT2D eigenvalue weighted by Gasteiger charge is -2.27. The van der Waals surface area contributed by atoms with E-state index in [1.807, 2.05) is 0 Å². The Bertz CT molecular complexity index is 866. The summed E-state index contributed by atoms with van der Waals surface area (Å²) < 4.78 is 0. The molecular weight excluding hydrogens is 334 g/mol. The fraction of sp³-hybridized carbons (Fsp3) is 0.409. The summed E-state index contributed by atoms with van der Waals surface area (Å²) in [6, 6.07) is 11.3. The quantitative estimate of drug-likeness (QED) is 0.907. The van der Waals surface area contributed by atoms with Gasteiger partial charge in [0.05, 0.1) is 5.69 Å². The van der Waals surface area contributed by atoms with E-state index in [1.165, 1.54) is 41.8 Å². The molecule has 5 heteroatoms. The number of hydrogen-bond acceptors (Lipinski definition) is 4. The molecule has 3 aliphatic rings. The average molecular weight is 361 g/mol. The minimum Gasteiger partial charge on any atom is -0.327 e. The molecule has 0 bridgehead atoms. The number of aromatic amines is 1. The summed E-state index contributed by atoms with van der Waals surface area (Å²) in [6.45, 7) is 4.99. The number of H-pyrrole nitrogens is 1. The molecular formula is C22H27N5. The first kappa shape index (κ1) is 16.8. The van der Waals surface area contributed by atoms with Crippen molar-refractivity contribution >= 4 is 5.82 Å². The standard InChI is InChI=1S/C22H27N5/c1-25-11-6-10-21(25)18-9-5-12-27(14-18)22-19-15-26(16-20(19)23-24-22)13-17-7-3-2-4-8-17/h2-5,7-9,14,21H,6,10-13,15-16H2,1H3,(H,23,24). The highest BCUT2D eigenvalue weighted by molar-refractivity contribution is 5.56. The van der Waals surface area contributed by atoms with Crippen LogP contribution < -0.4 is 4.90 Å². The summed E-state index contributed by atoms with van der Waals surface area (Å²) in [5.74, 6) is 1.10. The maximum absolute atomic E-state index is 4.67. The van der Waals surface area contributed by atoms with Crippen molar-refractivity contribution in [3.63, 3.8) is 0 Å². The number of aromatic nitrogens is 2. The van der Waals surface area contributed by atoms with Gasteiger partial charge in [0.25, 0.3) is 0 Å². The average Bonchev–Trinajstić information content (AvgIpc) is 3.38. The fourth-order valence-corrected chi connectivity index (χ4v) is 4.64. The van der Waals surface area contributed by atoms with Crippen LogP contribution in [0.5, 0.6) is 0 Å². The molecule has 1 N–H and O–H groups in total. The first-order chi connectivity index (χ1) is 13.3. The van der Waals surface area contributed by atoms with Crippen molar-refractivity contribution in [3.8, 4) is 0 Å². The van der Waals surface area contributed by atoms with Crippen LogP contribution in [0.2, 0.25) is 0 Å². The summed E-state index contributed by atoms with van der Waals surface area (Å²) in [7, 11) is 2.24. The third kappa shape index (κ3) is 3.22. The third-order valence-electron chi connectivity index (χ3n) is 6.04. The van der Waals surface area contributed by atoms with Gasteiger partial charge in [-0.3, -0.25) is 14.9 Å². The van der Waals surface area contributed by atoms with E-state index in [2.05, 4.69) is 80.6 Å². The van der Waals surface area contributed by atoms with Crippen LogP contribution >= 0.6 is 0 Å². The van der Waals surface area contributed by atoms with E-state index < -0.39 is 0 Å². The maximum Gasteiger partial charge on any atom is 0.159 e. The van der Waals surface area contributed by atoms with Crippen LogP contribution in [-0.2, 0) is 19.6 Å². The van der Waals surface area contributed by atoms with Gasteiger partial charge in [0.1, 0.15) is 0 Å². The zero-order chi connectivity index (χ0) is 18.2. The van der Waals surface area contributed by atoms with E-state index in [0.29, 0.717) is 6.04 Å². The molecule has 0 amide bonds. The highest BCUT2D eigenvalue weighted by Crippen LogP contribution is 2.33. The molecule has 1 saturated heterocycles. The van der Waals surface area contributed by atoms with Crippen LogP contribution in [0.4, 0.5) is 5.82 Å². The maximum atomic E-state index is 4.67. The van der Waals surface area contributed by atoms with Gasteiger partial charge in [-0.05, 0) is 37.6 Å². The number of nitrogens with zero attached hydrogens (tertiary/aromatic N) is 4. The number of fused-ring (bicyclic) bond motifs is 1. The van der Waals surface area contributed by atoms with Gasteiger partial charge < -0.3 is 4.90 Å². The van der Waals surface area contributed by atoms with Crippen molar-refractivity contribution in [1.29, 1.82) is 0 Å². The van der Waals surface area contributed by atoms with E-state index >= 15 is 0 Å². The number of likely N-dealkylation sites (tertiary alicyclic amines) is 1. The van der Waals surface area contributed by atoms with Gasteiger partial charge in [-0.1, -0.05) is 42.5 Å². The highest BCUT2D eigenvalue weighted by atomic mass is 15.3. The SMILES string of the molecule is CN1CCCC1C1=CN(c2n[nH]c3c2CN(Cc2ccccc2)C3)CC=C1. The van der Waals surface area contributed by atoms with Crippen LogP contribution in [0.25, 0.3) is 0 Å². The molecule has 1 aromatic heterocycles. The zero-order valence-corrected chi connectivity index (χ0v) is 15.9. The van der Waals surface area contributed by atoms with Gasteiger partial charge in [0.2, 0.25) is 0 Å². The van der Waals surface area contributed by atoms with Gasteiger partial charge in [-0.15, -0.1) is 0 Å². The molecule has 27 heavy (non-hydrogen) atoms. The fourth-order valence-electron chi connectivity index (χ4n) is 4.64. The first-order valence-corrected chi connectivity index (χ1v) is 9.95. The highest BCUT2D eigenvalue weighted by Gasteiger charge is 2.29. The lowest BCUT2D eigenvalue weighted by atomic mass is 10.0. The normalized spacial score (nSPS) is 23.1. The van der Waals surface area contributed by atoms with Gasteiger partial charge in [-0.2, -0.15) is 5.10 Å². The minimum atomic E-state index is 0.547. The molecule has 2 aromatic rings. The summed E-state index contributed by atoms with van der Waals surface area (Å²) in [6.07, 6.45) is 9.45. The lowest BCUT2D eigenvalue weighted by Crippen LogP contribution is -2.30. The Morgan fingerprint density at radius 2 is 2.07 bits per heavy atom. The van der Waals surface area contributed by atoms with E-state index in [-0.39, 0.29) is 0 Å². The van der Waals surface area contributed by atoms with E-state index in [4.69, 9.17) is 0 Å². The molecule has 1 fully saturated rings. The van der Waals surface area contributed by atoms with Gasteiger partial charge in [0.15, 0.2) is 5.82 Å².